The quantitative estimate of drug-likeness (QED) is 0.642. The third kappa shape index (κ3) is 3.92. The number of para-hydroxylation sites is 2. The summed E-state index contributed by atoms with van der Waals surface area (Å²) >= 11 is 0. The lowest BCUT2D eigenvalue weighted by atomic mass is 10.1. The second kappa shape index (κ2) is 6.87. The van der Waals surface area contributed by atoms with Gasteiger partial charge in [0.2, 0.25) is 0 Å². The topological polar surface area (TPSA) is 75.8 Å². The molecule has 0 bridgehead atoms. The lowest BCUT2D eigenvalue weighted by molar-refractivity contribution is -0.385. The number of nitro groups is 1. The van der Waals surface area contributed by atoms with Gasteiger partial charge in [0, 0.05) is 18.7 Å². The van der Waals surface area contributed by atoms with Crippen LogP contribution in [0.2, 0.25) is 0 Å². The van der Waals surface area contributed by atoms with Crippen molar-refractivity contribution in [3.05, 3.63) is 34.4 Å². The van der Waals surface area contributed by atoms with E-state index >= 15 is 0 Å². The second-order valence-corrected chi connectivity index (χ2v) is 5.69. The normalized spacial score (nSPS) is 24.0. The maximum Gasteiger partial charge on any atom is 0.310 e. The van der Waals surface area contributed by atoms with Gasteiger partial charge in [-0.2, -0.15) is 0 Å². The van der Waals surface area contributed by atoms with E-state index in [-0.39, 0.29) is 18.0 Å². The van der Waals surface area contributed by atoms with Gasteiger partial charge in [-0.25, -0.2) is 0 Å². The van der Waals surface area contributed by atoms with Gasteiger partial charge < -0.3 is 9.84 Å². The molecule has 2 rings (SSSR count). The Kier molecular flexibility index (Phi) is 5.14. The lowest BCUT2D eigenvalue weighted by Crippen LogP contribution is -2.38. The molecule has 1 N–H and O–H groups in total. The fourth-order valence-electron chi connectivity index (χ4n) is 2.67. The summed E-state index contributed by atoms with van der Waals surface area (Å²) in [6, 6.07) is 6.66. The van der Waals surface area contributed by atoms with E-state index in [1.165, 1.54) is 6.07 Å². The molecule has 0 unspecified atom stereocenters. The largest absolute Gasteiger partial charge is 0.484 e. The number of likely N-dealkylation sites (tertiary alicyclic amines) is 1. The summed E-state index contributed by atoms with van der Waals surface area (Å²) in [7, 11) is 0. The van der Waals surface area contributed by atoms with Crippen molar-refractivity contribution in [3.63, 3.8) is 0 Å². The van der Waals surface area contributed by atoms with Crippen LogP contribution in [0.1, 0.15) is 20.3 Å². The molecule has 1 saturated heterocycles. The molecule has 1 fully saturated rings. The predicted octanol–water partition coefficient (Wildman–Crippen LogP) is 2.06. The van der Waals surface area contributed by atoms with E-state index in [1.54, 1.807) is 18.2 Å². The van der Waals surface area contributed by atoms with Crippen molar-refractivity contribution in [2.24, 2.45) is 5.92 Å². The van der Waals surface area contributed by atoms with Gasteiger partial charge in [0.05, 0.1) is 4.92 Å². The highest BCUT2D eigenvalue weighted by molar-refractivity contribution is 5.45. The predicted molar refractivity (Wildman–Crippen MR) is 79.4 cm³/mol. The number of benzene rings is 1. The summed E-state index contributed by atoms with van der Waals surface area (Å²) in [6.07, 6.45) is 0.483. The SMILES string of the molecule is C[C@@H]1CCN(C[C@@H](O)COc2ccccc2[N+](=O)[O-])[C@H]1C. The lowest BCUT2D eigenvalue weighted by Gasteiger charge is -2.25. The van der Waals surface area contributed by atoms with Crippen molar-refractivity contribution in [3.8, 4) is 5.75 Å². The van der Waals surface area contributed by atoms with Crippen LogP contribution in [0.25, 0.3) is 0 Å². The van der Waals surface area contributed by atoms with Gasteiger partial charge in [0.25, 0.3) is 0 Å². The van der Waals surface area contributed by atoms with Crippen LogP contribution in [0.3, 0.4) is 0 Å². The Morgan fingerprint density at radius 1 is 1.48 bits per heavy atom. The molecule has 0 spiro atoms. The third-order valence-corrected chi connectivity index (χ3v) is 4.21. The van der Waals surface area contributed by atoms with Crippen molar-refractivity contribution in [2.45, 2.75) is 32.4 Å². The summed E-state index contributed by atoms with van der Waals surface area (Å²) in [4.78, 5) is 12.6. The number of rotatable bonds is 6. The molecule has 1 aromatic rings. The minimum Gasteiger partial charge on any atom is -0.484 e. The van der Waals surface area contributed by atoms with Gasteiger partial charge in [0.15, 0.2) is 5.75 Å². The molecule has 1 aromatic carbocycles. The monoisotopic (exact) mass is 294 g/mol. The highest BCUT2D eigenvalue weighted by Gasteiger charge is 2.28. The van der Waals surface area contributed by atoms with Crippen molar-refractivity contribution in [2.75, 3.05) is 19.7 Å². The number of hydrogen-bond donors (Lipinski definition) is 1. The Balaban J connectivity index is 1.87. The van der Waals surface area contributed by atoms with Crippen LogP contribution in [-0.4, -0.2) is 46.8 Å². The third-order valence-electron chi connectivity index (χ3n) is 4.21. The smallest absolute Gasteiger partial charge is 0.310 e. The van der Waals surface area contributed by atoms with Crippen molar-refractivity contribution in [1.29, 1.82) is 0 Å². The fourth-order valence-corrected chi connectivity index (χ4v) is 2.67. The van der Waals surface area contributed by atoms with Crippen molar-refractivity contribution in [1.82, 2.24) is 4.90 Å². The number of aliphatic hydroxyl groups excluding tert-OH is 1. The molecule has 21 heavy (non-hydrogen) atoms. The van der Waals surface area contributed by atoms with Gasteiger partial charge in [-0.1, -0.05) is 19.1 Å². The highest BCUT2D eigenvalue weighted by atomic mass is 16.6. The zero-order valence-corrected chi connectivity index (χ0v) is 12.4. The van der Waals surface area contributed by atoms with E-state index in [1.807, 2.05) is 0 Å². The fraction of sp³-hybridized carbons (Fsp3) is 0.600. The number of nitrogens with zero attached hydrogens (tertiary/aromatic N) is 2. The summed E-state index contributed by atoms with van der Waals surface area (Å²) in [5, 5.41) is 20.9. The molecule has 0 amide bonds. The minimum absolute atomic E-state index is 0.0580. The Labute approximate surface area is 124 Å². The van der Waals surface area contributed by atoms with Crippen LogP contribution in [0.5, 0.6) is 5.75 Å². The number of hydrogen-bond acceptors (Lipinski definition) is 5. The first-order valence-corrected chi connectivity index (χ1v) is 7.27. The van der Waals surface area contributed by atoms with Crippen LogP contribution in [-0.2, 0) is 0 Å². The van der Waals surface area contributed by atoms with Gasteiger partial charge in [-0.15, -0.1) is 0 Å². The molecule has 6 nitrogen and oxygen atoms in total. The second-order valence-electron chi connectivity index (χ2n) is 5.69. The average molecular weight is 294 g/mol. The molecule has 3 atom stereocenters. The first kappa shape index (κ1) is 15.7. The highest BCUT2D eigenvalue weighted by Crippen LogP contribution is 2.26. The molecule has 0 aliphatic carbocycles. The Hall–Kier alpha value is -1.66. The maximum atomic E-state index is 10.9. The molecule has 116 valence electrons. The van der Waals surface area contributed by atoms with Gasteiger partial charge in [-0.05, 0) is 31.9 Å². The summed E-state index contributed by atoms with van der Waals surface area (Å²) < 4.78 is 5.41. The van der Waals surface area contributed by atoms with E-state index in [2.05, 4.69) is 18.7 Å². The van der Waals surface area contributed by atoms with Gasteiger partial charge in [0.1, 0.15) is 12.7 Å². The summed E-state index contributed by atoms with van der Waals surface area (Å²) in [6.45, 7) is 5.94. The van der Waals surface area contributed by atoms with Crippen LogP contribution >= 0.6 is 0 Å². The number of ether oxygens (including phenoxy) is 1. The van der Waals surface area contributed by atoms with Crippen LogP contribution in [0.4, 0.5) is 5.69 Å². The Bertz CT molecular complexity index is 494. The molecule has 0 aromatic heterocycles. The van der Waals surface area contributed by atoms with E-state index in [4.69, 9.17) is 4.74 Å². The van der Waals surface area contributed by atoms with E-state index in [9.17, 15) is 15.2 Å². The molecule has 1 heterocycles. The minimum atomic E-state index is -0.655. The number of aliphatic hydroxyl groups is 1. The van der Waals surface area contributed by atoms with E-state index in [0.29, 0.717) is 18.5 Å². The first-order chi connectivity index (χ1) is 9.99. The standard InChI is InChI=1S/C15H22N2O4/c1-11-7-8-16(12(11)2)9-13(18)10-21-15-6-4-3-5-14(15)17(19)20/h3-6,11-13,18H,7-10H2,1-2H3/t11-,12+,13-/m1/s1. The van der Waals surface area contributed by atoms with Crippen LogP contribution in [0.15, 0.2) is 24.3 Å². The molecular weight excluding hydrogens is 272 g/mol. The zero-order valence-electron chi connectivity index (χ0n) is 12.4. The van der Waals surface area contributed by atoms with E-state index < -0.39 is 11.0 Å². The van der Waals surface area contributed by atoms with Gasteiger partial charge >= 0.3 is 5.69 Å². The molecule has 0 radical (unpaired) electrons. The molecule has 1 aliphatic rings. The molecular formula is C15H22N2O4. The molecule has 0 saturated carbocycles. The molecule has 1 aliphatic heterocycles. The summed E-state index contributed by atoms with van der Waals surface area (Å²) in [5.41, 5.74) is -0.0761. The average Bonchev–Trinajstić information content (AvgIpc) is 2.77. The molecule has 6 heteroatoms. The van der Waals surface area contributed by atoms with Crippen LogP contribution < -0.4 is 4.74 Å². The Morgan fingerprint density at radius 2 is 2.19 bits per heavy atom. The number of nitro benzene ring substituents is 1. The number of β-amino-alcohol motifs (C(OH)–C–C–N with tert-alkyl or cyclic N) is 1. The maximum absolute atomic E-state index is 10.9. The van der Waals surface area contributed by atoms with Gasteiger partial charge in [-0.3, -0.25) is 15.0 Å². The van der Waals surface area contributed by atoms with Crippen LogP contribution in [0, 0.1) is 16.0 Å². The first-order valence-electron chi connectivity index (χ1n) is 7.27. The summed E-state index contributed by atoms with van der Waals surface area (Å²) in [5.74, 6) is 0.831. The zero-order chi connectivity index (χ0) is 15.4. The Morgan fingerprint density at radius 3 is 2.81 bits per heavy atom. The van der Waals surface area contributed by atoms with Crippen molar-refractivity contribution >= 4 is 5.69 Å². The van der Waals surface area contributed by atoms with E-state index in [0.717, 1.165) is 13.0 Å². The van der Waals surface area contributed by atoms with Crippen molar-refractivity contribution < 1.29 is 14.8 Å².